The van der Waals surface area contributed by atoms with E-state index in [1.807, 2.05) is 18.2 Å². The van der Waals surface area contributed by atoms with Gasteiger partial charge < -0.3 is 10.3 Å². The molecule has 2 bridgehead atoms. The second-order valence-corrected chi connectivity index (χ2v) is 9.42. The van der Waals surface area contributed by atoms with Crippen molar-refractivity contribution in [3.05, 3.63) is 60.6 Å². The van der Waals surface area contributed by atoms with E-state index >= 15 is 0 Å². The van der Waals surface area contributed by atoms with Gasteiger partial charge >= 0.3 is 0 Å². The Kier molecular flexibility index (Phi) is 4.85. The number of nitrogens with zero attached hydrogens (tertiary/aromatic N) is 3. The zero-order valence-corrected chi connectivity index (χ0v) is 18.4. The van der Waals surface area contributed by atoms with E-state index in [4.69, 9.17) is 9.97 Å². The van der Waals surface area contributed by atoms with Crippen LogP contribution in [0.3, 0.4) is 0 Å². The molecule has 3 heterocycles. The normalized spacial score (nSPS) is 24.3. The summed E-state index contributed by atoms with van der Waals surface area (Å²) in [7, 11) is 0. The summed E-state index contributed by atoms with van der Waals surface area (Å²) in [6, 6.07) is 8.32. The van der Waals surface area contributed by atoms with E-state index in [-0.39, 0.29) is 5.52 Å². The Bertz CT molecular complexity index is 1310. The molecule has 33 heavy (non-hydrogen) atoms. The van der Waals surface area contributed by atoms with Crippen molar-refractivity contribution >= 4 is 16.7 Å². The molecule has 3 aromatic heterocycles. The van der Waals surface area contributed by atoms with Crippen molar-refractivity contribution in [1.29, 1.82) is 0 Å². The molecule has 0 radical (unpaired) electrons. The van der Waals surface area contributed by atoms with Crippen molar-refractivity contribution < 1.29 is 8.78 Å². The van der Waals surface area contributed by atoms with Crippen LogP contribution < -0.4 is 5.32 Å². The third-order valence-corrected chi connectivity index (χ3v) is 7.58. The van der Waals surface area contributed by atoms with Crippen LogP contribution in [0.4, 0.5) is 14.6 Å². The van der Waals surface area contributed by atoms with Gasteiger partial charge in [-0.2, -0.15) is 0 Å². The summed E-state index contributed by atoms with van der Waals surface area (Å²) < 4.78 is 28.3. The number of fused-ring (bicyclic) bond motifs is 4. The Morgan fingerprint density at radius 1 is 1.03 bits per heavy atom. The third kappa shape index (κ3) is 3.56. The Morgan fingerprint density at radius 3 is 2.61 bits per heavy atom. The van der Waals surface area contributed by atoms with Crippen molar-refractivity contribution in [2.45, 2.75) is 38.6 Å². The molecule has 3 aliphatic carbocycles. The van der Waals surface area contributed by atoms with Crippen LogP contribution in [-0.4, -0.2) is 26.0 Å². The monoisotopic (exact) mass is 445 g/mol. The van der Waals surface area contributed by atoms with Crippen molar-refractivity contribution in [3.8, 4) is 22.6 Å². The van der Waals surface area contributed by atoms with E-state index in [9.17, 15) is 8.78 Å². The van der Waals surface area contributed by atoms with Gasteiger partial charge in [0.25, 0.3) is 0 Å². The highest BCUT2D eigenvalue weighted by Crippen LogP contribution is 2.46. The van der Waals surface area contributed by atoms with E-state index in [1.54, 1.807) is 18.6 Å². The zero-order valence-electron chi connectivity index (χ0n) is 18.4. The van der Waals surface area contributed by atoms with Crippen LogP contribution >= 0.6 is 0 Å². The molecule has 4 aromatic rings. The predicted octanol–water partition coefficient (Wildman–Crippen LogP) is 6.20. The molecule has 0 saturated heterocycles. The van der Waals surface area contributed by atoms with Gasteiger partial charge in [-0.25, -0.2) is 18.7 Å². The molecule has 3 saturated carbocycles. The Morgan fingerprint density at radius 2 is 1.85 bits per heavy atom. The summed E-state index contributed by atoms with van der Waals surface area (Å²) in [6.45, 7) is 2.34. The van der Waals surface area contributed by atoms with E-state index < -0.39 is 11.6 Å². The number of hydrogen-bond acceptors (Lipinski definition) is 4. The molecule has 3 aliphatic rings. The number of halogens is 2. The molecular formula is C26H25F2N5. The minimum Gasteiger partial charge on any atom is -0.367 e. The summed E-state index contributed by atoms with van der Waals surface area (Å²) in [5.74, 6) is 1.86. The number of rotatable bonds is 4. The number of benzene rings is 1. The summed E-state index contributed by atoms with van der Waals surface area (Å²) in [5, 5.41) is 4.14. The minimum absolute atomic E-state index is 0.245. The fourth-order valence-electron chi connectivity index (χ4n) is 5.82. The summed E-state index contributed by atoms with van der Waals surface area (Å²) in [4.78, 5) is 16.7. The predicted molar refractivity (Wildman–Crippen MR) is 124 cm³/mol. The van der Waals surface area contributed by atoms with Gasteiger partial charge in [0.1, 0.15) is 17.5 Å². The molecule has 2 atom stereocenters. The van der Waals surface area contributed by atoms with Gasteiger partial charge in [0.05, 0.1) is 11.2 Å². The topological polar surface area (TPSA) is 66.5 Å². The number of nitrogens with one attached hydrogen (secondary N) is 2. The lowest BCUT2D eigenvalue weighted by atomic mass is 9.62. The number of anilines is 1. The SMILES string of the molecule is C[C@@H]1C2CCC(CC2)[C@H]1Nc1cc(-c2cccnc2)nc(-c2c[nH]c3c(F)cc(F)cc23)n1. The molecule has 0 unspecified atom stereocenters. The second kappa shape index (κ2) is 7.90. The van der Waals surface area contributed by atoms with E-state index in [0.29, 0.717) is 34.7 Å². The van der Waals surface area contributed by atoms with Gasteiger partial charge in [0.2, 0.25) is 0 Å². The maximum atomic E-state index is 14.3. The standard InChI is InChI=1S/C26H25F2N5/c1-14-15-4-6-16(7-5-15)24(14)32-23-11-22(17-3-2-8-29-12-17)31-26(33-23)20-13-30-25-19(20)9-18(27)10-21(25)28/h2-3,8-16,24,30H,4-7H2,1H3,(H,31,32,33)/t14-,15?,16?,24+/m1/s1. The zero-order chi connectivity index (χ0) is 22.5. The van der Waals surface area contributed by atoms with E-state index in [0.717, 1.165) is 29.1 Å². The lowest BCUT2D eigenvalue weighted by Gasteiger charge is -2.47. The van der Waals surface area contributed by atoms with E-state index in [1.165, 1.54) is 31.7 Å². The highest BCUT2D eigenvalue weighted by molar-refractivity contribution is 5.94. The highest BCUT2D eigenvalue weighted by Gasteiger charge is 2.41. The molecular weight excluding hydrogens is 420 g/mol. The number of hydrogen-bond donors (Lipinski definition) is 2. The lowest BCUT2D eigenvalue weighted by Crippen LogP contribution is -2.47. The Balaban J connectivity index is 1.46. The van der Waals surface area contributed by atoms with Crippen molar-refractivity contribution in [1.82, 2.24) is 19.9 Å². The molecule has 2 N–H and O–H groups in total. The second-order valence-electron chi connectivity index (χ2n) is 9.42. The van der Waals surface area contributed by atoms with Gasteiger partial charge in [0, 0.05) is 53.3 Å². The first-order valence-corrected chi connectivity index (χ1v) is 11.6. The maximum Gasteiger partial charge on any atom is 0.164 e. The maximum absolute atomic E-state index is 14.3. The minimum atomic E-state index is -0.634. The first-order chi connectivity index (χ1) is 16.1. The molecule has 1 aromatic carbocycles. The van der Waals surface area contributed by atoms with E-state index in [2.05, 4.69) is 22.2 Å². The van der Waals surface area contributed by atoms with Crippen molar-refractivity contribution in [3.63, 3.8) is 0 Å². The van der Waals surface area contributed by atoms with Crippen LogP contribution in [-0.2, 0) is 0 Å². The molecule has 0 aliphatic heterocycles. The van der Waals surface area contributed by atoms with Crippen molar-refractivity contribution in [2.75, 3.05) is 5.32 Å². The lowest BCUT2D eigenvalue weighted by molar-refractivity contribution is 0.0928. The van der Waals surface area contributed by atoms with Gasteiger partial charge in [-0.15, -0.1) is 0 Å². The van der Waals surface area contributed by atoms with Crippen LogP contribution in [0.2, 0.25) is 0 Å². The fourth-order valence-corrected chi connectivity index (χ4v) is 5.82. The largest absolute Gasteiger partial charge is 0.367 e. The Labute approximate surface area is 190 Å². The quantitative estimate of drug-likeness (QED) is 0.392. The van der Waals surface area contributed by atoms with Crippen LogP contribution in [0.1, 0.15) is 32.6 Å². The molecule has 7 heteroatoms. The van der Waals surface area contributed by atoms with Gasteiger partial charge in [-0.3, -0.25) is 4.98 Å². The fraction of sp³-hybridized carbons (Fsp3) is 0.346. The van der Waals surface area contributed by atoms with Crippen molar-refractivity contribution in [2.24, 2.45) is 17.8 Å². The van der Waals surface area contributed by atoms with Crippen LogP contribution in [0.5, 0.6) is 0 Å². The van der Waals surface area contributed by atoms with Gasteiger partial charge in [0.15, 0.2) is 5.82 Å². The number of aromatic nitrogens is 4. The van der Waals surface area contributed by atoms with Gasteiger partial charge in [-0.1, -0.05) is 6.92 Å². The molecule has 168 valence electrons. The molecule has 3 fully saturated rings. The number of pyridine rings is 1. The molecule has 0 amide bonds. The smallest absolute Gasteiger partial charge is 0.164 e. The molecule has 7 rings (SSSR count). The molecule has 0 spiro atoms. The average molecular weight is 446 g/mol. The first-order valence-electron chi connectivity index (χ1n) is 11.6. The number of aromatic amines is 1. The average Bonchev–Trinajstić information content (AvgIpc) is 3.26. The van der Waals surface area contributed by atoms with Crippen LogP contribution in [0, 0.1) is 29.4 Å². The third-order valence-electron chi connectivity index (χ3n) is 7.58. The number of H-pyrrole nitrogens is 1. The summed E-state index contributed by atoms with van der Waals surface area (Å²) in [6.07, 6.45) is 10.2. The van der Waals surface area contributed by atoms with Gasteiger partial charge in [-0.05, 0) is 61.6 Å². The van der Waals surface area contributed by atoms with Crippen LogP contribution in [0.15, 0.2) is 48.9 Å². The first kappa shape index (κ1) is 20.3. The highest BCUT2D eigenvalue weighted by atomic mass is 19.1. The summed E-state index contributed by atoms with van der Waals surface area (Å²) in [5.41, 5.74) is 2.39. The summed E-state index contributed by atoms with van der Waals surface area (Å²) >= 11 is 0. The van der Waals surface area contributed by atoms with Crippen LogP contribution in [0.25, 0.3) is 33.5 Å². The molecule has 5 nitrogen and oxygen atoms in total. The Hall–Kier alpha value is -3.35.